The molecule has 2 unspecified atom stereocenters. The number of benzene rings is 2. The van der Waals surface area contributed by atoms with Crippen molar-refractivity contribution in [3.8, 4) is 0 Å². The number of methoxy groups -OCH3 is 1. The number of carbonyl (C=O) groups excluding carboxylic acids is 1. The van der Waals surface area contributed by atoms with Gasteiger partial charge in [-0.2, -0.15) is 0 Å². The van der Waals surface area contributed by atoms with Gasteiger partial charge in [-0.25, -0.2) is 13.2 Å². The zero-order valence-electron chi connectivity index (χ0n) is 18.1. The number of rotatable bonds is 11. The van der Waals surface area contributed by atoms with E-state index < -0.39 is 10.4 Å². The highest BCUT2D eigenvalue weighted by molar-refractivity contribution is 7.96. The Hall–Kier alpha value is -1.91. The van der Waals surface area contributed by atoms with Crippen LogP contribution in [0.5, 0.6) is 0 Å². The Balaban J connectivity index is 0.000000343. The van der Waals surface area contributed by atoms with Gasteiger partial charge in [0.15, 0.2) is 0 Å². The summed E-state index contributed by atoms with van der Waals surface area (Å²) in [5.74, 6) is 1.32. The van der Waals surface area contributed by atoms with E-state index in [1.807, 2.05) is 25.1 Å². The lowest BCUT2D eigenvalue weighted by molar-refractivity contribution is -0.141. The summed E-state index contributed by atoms with van der Waals surface area (Å²) in [4.78, 5) is 11.7. The maximum Gasteiger partial charge on any atom is 0.356 e. The average molecular weight is 471 g/mol. The van der Waals surface area contributed by atoms with Gasteiger partial charge < -0.3 is 14.0 Å². The minimum absolute atomic E-state index is 0.0272. The molecule has 2 aromatic rings. The molecule has 0 aliphatic heterocycles. The van der Waals surface area contributed by atoms with Crippen LogP contribution < -0.4 is 0 Å². The van der Waals surface area contributed by atoms with E-state index in [9.17, 15) is 17.8 Å². The second-order valence-electron chi connectivity index (χ2n) is 6.77. The topological polar surface area (TPSA) is 102 Å². The lowest BCUT2D eigenvalue weighted by Gasteiger charge is -2.09. The van der Waals surface area contributed by atoms with Crippen LogP contribution in [0.15, 0.2) is 60.7 Å². The Kier molecular flexibility index (Phi) is 13.1. The summed E-state index contributed by atoms with van der Waals surface area (Å²) < 4.78 is 44.4. The van der Waals surface area contributed by atoms with Crippen LogP contribution in [0, 0.1) is 0 Å². The second-order valence-corrected chi connectivity index (χ2v) is 9.96. The van der Waals surface area contributed by atoms with Crippen molar-refractivity contribution in [2.75, 3.05) is 25.7 Å². The first-order chi connectivity index (χ1) is 14.7. The molecule has 31 heavy (non-hydrogen) atoms. The predicted molar refractivity (Wildman–Crippen MR) is 121 cm³/mol. The van der Waals surface area contributed by atoms with Crippen molar-refractivity contribution in [2.45, 2.75) is 31.8 Å². The van der Waals surface area contributed by atoms with Gasteiger partial charge >= 0.3 is 5.97 Å². The Morgan fingerprint density at radius 3 is 2.10 bits per heavy atom. The molecule has 7 nitrogen and oxygen atoms in total. The number of carbonyl (C=O) groups is 1. The monoisotopic (exact) mass is 470 g/mol. The van der Waals surface area contributed by atoms with Crippen LogP contribution in [0.3, 0.4) is 0 Å². The van der Waals surface area contributed by atoms with Gasteiger partial charge in [-0.1, -0.05) is 60.7 Å². The van der Waals surface area contributed by atoms with Gasteiger partial charge in [0.1, 0.15) is 5.75 Å². The summed E-state index contributed by atoms with van der Waals surface area (Å²) in [6, 6.07) is 18.8. The van der Waals surface area contributed by atoms with E-state index in [2.05, 4.69) is 22.6 Å². The van der Waals surface area contributed by atoms with Gasteiger partial charge in [0.25, 0.3) is 0 Å². The first kappa shape index (κ1) is 27.1. The van der Waals surface area contributed by atoms with Crippen LogP contribution in [0.1, 0.15) is 24.5 Å². The molecule has 0 saturated heterocycles. The quantitative estimate of drug-likeness (QED) is 0.215. The molecule has 9 heteroatoms. The lowest BCUT2D eigenvalue weighted by atomic mass is 10.2. The molecule has 0 saturated carbocycles. The first-order valence-electron chi connectivity index (χ1n) is 9.65. The molecule has 0 bridgehead atoms. The maximum absolute atomic E-state index is 11.7. The molecule has 0 spiro atoms. The van der Waals surface area contributed by atoms with Crippen LogP contribution in [-0.4, -0.2) is 50.8 Å². The first-order valence-corrected chi connectivity index (χ1v) is 13.0. The SMILES string of the molecule is COC(C)CCOC(=O)C[S+](C)Cc1ccccc1.O=S(=O)([O-])OCc1ccccc1. The van der Waals surface area contributed by atoms with Crippen LogP contribution in [0.4, 0.5) is 0 Å². The summed E-state index contributed by atoms with van der Waals surface area (Å²) in [5.41, 5.74) is 1.92. The zero-order valence-corrected chi connectivity index (χ0v) is 19.7. The minimum Gasteiger partial charge on any atom is -0.726 e. The van der Waals surface area contributed by atoms with E-state index in [1.54, 1.807) is 37.4 Å². The minimum atomic E-state index is -4.57. The number of hydrogen-bond acceptors (Lipinski definition) is 7. The van der Waals surface area contributed by atoms with Crippen molar-refractivity contribution in [1.29, 1.82) is 0 Å². The smallest absolute Gasteiger partial charge is 0.356 e. The molecule has 2 rings (SSSR count). The van der Waals surface area contributed by atoms with Gasteiger partial charge in [0.2, 0.25) is 16.2 Å². The van der Waals surface area contributed by atoms with Crippen molar-refractivity contribution in [3.05, 3.63) is 71.8 Å². The largest absolute Gasteiger partial charge is 0.726 e. The fourth-order valence-corrected chi connectivity index (χ4v) is 3.95. The van der Waals surface area contributed by atoms with Gasteiger partial charge in [0, 0.05) is 30.0 Å². The predicted octanol–water partition coefficient (Wildman–Crippen LogP) is 3.07. The molecule has 0 amide bonds. The third-order valence-electron chi connectivity index (χ3n) is 4.02. The molecule has 0 heterocycles. The molecular weight excluding hydrogens is 440 g/mol. The number of ether oxygens (including phenoxy) is 2. The van der Waals surface area contributed by atoms with Crippen LogP contribution in [0.2, 0.25) is 0 Å². The average Bonchev–Trinajstić information content (AvgIpc) is 2.73. The van der Waals surface area contributed by atoms with E-state index in [4.69, 9.17) is 9.47 Å². The second kappa shape index (κ2) is 15.0. The third-order valence-corrected chi connectivity index (χ3v) is 5.98. The van der Waals surface area contributed by atoms with E-state index in [-0.39, 0.29) is 29.6 Å². The fourth-order valence-electron chi connectivity index (χ4n) is 2.32. The molecule has 2 atom stereocenters. The third kappa shape index (κ3) is 14.7. The van der Waals surface area contributed by atoms with Crippen molar-refractivity contribution in [3.63, 3.8) is 0 Å². The highest BCUT2D eigenvalue weighted by Crippen LogP contribution is 2.07. The fraction of sp³-hybridized carbons (Fsp3) is 0.409. The summed E-state index contributed by atoms with van der Waals surface area (Å²) in [6.45, 7) is 2.21. The molecule has 0 N–H and O–H groups in total. The Bertz CT molecular complexity index is 843. The molecule has 0 aliphatic carbocycles. The molecule has 0 fully saturated rings. The Labute approximate surface area is 188 Å². The van der Waals surface area contributed by atoms with Gasteiger partial charge in [-0.3, -0.25) is 4.18 Å². The van der Waals surface area contributed by atoms with E-state index >= 15 is 0 Å². The van der Waals surface area contributed by atoms with Crippen LogP contribution in [0.25, 0.3) is 0 Å². The molecular formula is C22H30O7S2. The molecule has 0 aliphatic rings. The Morgan fingerprint density at radius 2 is 1.58 bits per heavy atom. The van der Waals surface area contributed by atoms with Crippen LogP contribution in [-0.2, 0) is 52.1 Å². The highest BCUT2D eigenvalue weighted by atomic mass is 32.3. The van der Waals surface area contributed by atoms with Gasteiger partial charge in [-0.15, -0.1) is 0 Å². The van der Waals surface area contributed by atoms with Crippen LogP contribution >= 0.6 is 0 Å². The van der Waals surface area contributed by atoms with Crippen molar-refractivity contribution < 1.29 is 31.4 Å². The van der Waals surface area contributed by atoms with E-state index in [0.29, 0.717) is 17.9 Å². The number of hydrogen-bond donors (Lipinski definition) is 0. The maximum atomic E-state index is 11.7. The summed E-state index contributed by atoms with van der Waals surface area (Å²) in [5, 5.41) is 0. The lowest BCUT2D eigenvalue weighted by Crippen LogP contribution is -2.21. The number of esters is 1. The molecule has 0 radical (unpaired) electrons. The zero-order chi connectivity index (χ0) is 23.1. The molecule has 0 aromatic heterocycles. The molecule has 172 valence electrons. The summed E-state index contributed by atoms with van der Waals surface area (Å²) >= 11 is 0. The molecule has 2 aromatic carbocycles. The van der Waals surface area contributed by atoms with Gasteiger partial charge in [0.05, 0.1) is 25.6 Å². The van der Waals surface area contributed by atoms with Crippen molar-refractivity contribution in [2.24, 2.45) is 0 Å². The summed E-state index contributed by atoms with van der Waals surface area (Å²) in [6.07, 6.45) is 2.99. The highest BCUT2D eigenvalue weighted by Gasteiger charge is 2.19. The van der Waals surface area contributed by atoms with Gasteiger partial charge in [-0.05, 0) is 12.5 Å². The summed E-state index contributed by atoms with van der Waals surface area (Å²) in [7, 11) is -2.88. The van der Waals surface area contributed by atoms with E-state index in [1.165, 1.54) is 5.56 Å². The standard InChI is InChI=1S/C15H23O3S.C7H8O4S/c1-13(17-2)9-10-18-15(16)12-19(3)11-14-7-5-4-6-8-14;8-12(9,10)11-6-7-4-2-1-3-5-7/h4-8,13H,9-12H2,1-3H3;1-5H,6H2,(H,8,9,10)/q+1;/p-1. The van der Waals surface area contributed by atoms with Crippen molar-refractivity contribution >= 4 is 27.3 Å². The van der Waals surface area contributed by atoms with Crippen molar-refractivity contribution in [1.82, 2.24) is 0 Å². The normalized spacial score (nSPS) is 12.9. The Morgan fingerprint density at radius 1 is 1.03 bits per heavy atom. The van der Waals surface area contributed by atoms with E-state index in [0.717, 1.165) is 12.2 Å².